The number of rotatable bonds is 9. The molecule has 0 unspecified atom stereocenters. The van der Waals surface area contributed by atoms with Crippen molar-refractivity contribution in [2.24, 2.45) is 0 Å². The summed E-state index contributed by atoms with van der Waals surface area (Å²) in [5.41, 5.74) is 1.36. The van der Waals surface area contributed by atoms with E-state index >= 15 is 0 Å². The van der Waals surface area contributed by atoms with Crippen molar-refractivity contribution in [3.05, 3.63) is 48.6 Å². The summed E-state index contributed by atoms with van der Waals surface area (Å²) >= 11 is 0. The van der Waals surface area contributed by atoms with Crippen molar-refractivity contribution in [3.8, 4) is 0 Å². The zero-order valence-corrected chi connectivity index (χ0v) is 12.7. The minimum absolute atomic E-state index is 0.334. The first kappa shape index (κ1) is 16.4. The summed E-state index contributed by atoms with van der Waals surface area (Å²) in [5.74, 6) is -0.334. The van der Waals surface area contributed by atoms with E-state index in [1.807, 2.05) is 6.07 Å². The standard InChI is InChI=1S/C17H26NO2/c1-4-17(19)20-14-10-13-18(5-2,6-3)15-16-11-8-7-9-12-16/h4,7-9,11-12H,1,5-6,10,13-15H2,2-3H3/q+1. The van der Waals surface area contributed by atoms with Crippen LogP contribution in [-0.2, 0) is 16.1 Å². The van der Waals surface area contributed by atoms with Crippen LogP contribution in [0.25, 0.3) is 0 Å². The number of carbonyl (C=O) groups is 1. The maximum absolute atomic E-state index is 11.0. The molecule has 3 nitrogen and oxygen atoms in total. The second kappa shape index (κ2) is 8.54. The average Bonchev–Trinajstić information content (AvgIpc) is 2.51. The van der Waals surface area contributed by atoms with Crippen molar-refractivity contribution in [2.45, 2.75) is 26.8 Å². The van der Waals surface area contributed by atoms with Crippen molar-refractivity contribution in [2.75, 3.05) is 26.2 Å². The van der Waals surface area contributed by atoms with Gasteiger partial charge in [-0.15, -0.1) is 0 Å². The Morgan fingerprint density at radius 3 is 2.45 bits per heavy atom. The van der Waals surface area contributed by atoms with Gasteiger partial charge in [0.15, 0.2) is 0 Å². The number of carbonyl (C=O) groups excluding carboxylic acids is 1. The molecule has 1 aromatic rings. The Hall–Kier alpha value is -1.61. The fourth-order valence-electron chi connectivity index (χ4n) is 2.44. The predicted octanol–water partition coefficient (Wildman–Crippen LogP) is 3.16. The van der Waals surface area contributed by atoms with Crippen LogP contribution in [0.1, 0.15) is 25.8 Å². The van der Waals surface area contributed by atoms with E-state index in [2.05, 4.69) is 44.7 Å². The van der Waals surface area contributed by atoms with Crippen molar-refractivity contribution < 1.29 is 14.0 Å². The number of ether oxygens (including phenoxy) is 1. The molecule has 3 heteroatoms. The summed E-state index contributed by atoms with van der Waals surface area (Å²) in [4.78, 5) is 11.0. The molecule has 0 aliphatic rings. The van der Waals surface area contributed by atoms with E-state index in [1.165, 1.54) is 11.6 Å². The summed E-state index contributed by atoms with van der Waals surface area (Å²) in [6, 6.07) is 10.6. The molecular weight excluding hydrogens is 250 g/mol. The molecule has 110 valence electrons. The van der Waals surface area contributed by atoms with Crippen LogP contribution in [0, 0.1) is 0 Å². The van der Waals surface area contributed by atoms with Crippen LogP contribution < -0.4 is 0 Å². The number of nitrogens with zero attached hydrogens (tertiary/aromatic N) is 1. The molecule has 1 rings (SSSR count). The summed E-state index contributed by atoms with van der Waals surface area (Å²) in [6.45, 7) is 12.5. The minimum Gasteiger partial charge on any atom is -0.462 e. The van der Waals surface area contributed by atoms with E-state index in [0.717, 1.165) is 37.1 Å². The highest BCUT2D eigenvalue weighted by Gasteiger charge is 2.23. The van der Waals surface area contributed by atoms with Gasteiger partial charge >= 0.3 is 5.97 Å². The quantitative estimate of drug-likeness (QED) is 0.300. The first-order valence-electron chi connectivity index (χ1n) is 7.34. The number of quaternary nitrogens is 1. The largest absolute Gasteiger partial charge is 0.462 e. The SMILES string of the molecule is C=CC(=O)OCCC[N+](CC)(CC)Cc1ccccc1. The van der Waals surface area contributed by atoms with Crippen molar-refractivity contribution in [1.82, 2.24) is 0 Å². The van der Waals surface area contributed by atoms with Gasteiger partial charge in [0.1, 0.15) is 6.54 Å². The van der Waals surface area contributed by atoms with Crippen molar-refractivity contribution in [3.63, 3.8) is 0 Å². The number of hydrogen-bond acceptors (Lipinski definition) is 2. The zero-order valence-electron chi connectivity index (χ0n) is 12.7. The van der Waals surface area contributed by atoms with Gasteiger partial charge in [-0.05, 0) is 13.8 Å². The van der Waals surface area contributed by atoms with Crippen LogP contribution in [0.3, 0.4) is 0 Å². The lowest BCUT2D eigenvalue weighted by molar-refractivity contribution is -0.938. The summed E-state index contributed by atoms with van der Waals surface area (Å²) in [7, 11) is 0. The molecule has 0 aliphatic carbocycles. The third kappa shape index (κ3) is 5.17. The van der Waals surface area contributed by atoms with Crippen LogP contribution in [-0.4, -0.2) is 36.7 Å². The molecule has 0 fully saturated rings. The lowest BCUT2D eigenvalue weighted by Crippen LogP contribution is -2.47. The Kier molecular flexibility index (Phi) is 7.02. The number of esters is 1. The van der Waals surface area contributed by atoms with Crippen molar-refractivity contribution in [1.29, 1.82) is 0 Å². The maximum Gasteiger partial charge on any atom is 0.330 e. The van der Waals surface area contributed by atoms with E-state index in [0.29, 0.717) is 6.61 Å². The highest BCUT2D eigenvalue weighted by Crippen LogP contribution is 2.15. The van der Waals surface area contributed by atoms with E-state index in [-0.39, 0.29) is 5.97 Å². The Morgan fingerprint density at radius 2 is 1.90 bits per heavy atom. The normalized spacial score (nSPS) is 11.1. The number of benzene rings is 1. The van der Waals surface area contributed by atoms with Gasteiger partial charge in [0, 0.05) is 18.1 Å². The summed E-state index contributed by atoms with van der Waals surface area (Å²) in [6.07, 6.45) is 2.10. The van der Waals surface area contributed by atoms with Gasteiger partial charge < -0.3 is 9.22 Å². The molecule has 0 aliphatic heterocycles. The topological polar surface area (TPSA) is 26.3 Å². The van der Waals surface area contributed by atoms with E-state index in [9.17, 15) is 4.79 Å². The van der Waals surface area contributed by atoms with E-state index in [4.69, 9.17) is 4.74 Å². The zero-order chi connectivity index (χ0) is 14.8. The average molecular weight is 276 g/mol. The molecule has 0 saturated carbocycles. The molecule has 0 radical (unpaired) electrons. The molecule has 0 amide bonds. The van der Waals surface area contributed by atoms with Crippen LogP contribution in [0.2, 0.25) is 0 Å². The van der Waals surface area contributed by atoms with Crippen molar-refractivity contribution >= 4 is 5.97 Å². The Balaban J connectivity index is 2.53. The Labute approximate surface area is 122 Å². The molecule has 0 N–H and O–H groups in total. The predicted molar refractivity (Wildman–Crippen MR) is 82.1 cm³/mol. The third-order valence-corrected chi connectivity index (χ3v) is 3.89. The lowest BCUT2D eigenvalue weighted by Gasteiger charge is -2.37. The van der Waals surface area contributed by atoms with Gasteiger partial charge in [0.05, 0.1) is 26.2 Å². The molecule has 1 aromatic carbocycles. The molecular formula is C17H26NO2+. The monoisotopic (exact) mass is 276 g/mol. The minimum atomic E-state index is -0.334. The smallest absolute Gasteiger partial charge is 0.330 e. The maximum atomic E-state index is 11.0. The molecule has 0 heterocycles. The summed E-state index contributed by atoms with van der Waals surface area (Å²) < 4.78 is 6.08. The van der Waals surface area contributed by atoms with Crippen LogP contribution in [0.5, 0.6) is 0 Å². The fourth-order valence-corrected chi connectivity index (χ4v) is 2.44. The van der Waals surface area contributed by atoms with Gasteiger partial charge in [-0.25, -0.2) is 4.79 Å². The molecule has 0 aromatic heterocycles. The first-order valence-corrected chi connectivity index (χ1v) is 7.34. The summed E-state index contributed by atoms with van der Waals surface area (Å²) in [5, 5.41) is 0. The van der Waals surface area contributed by atoms with E-state index < -0.39 is 0 Å². The lowest BCUT2D eigenvalue weighted by atomic mass is 10.1. The van der Waals surface area contributed by atoms with Gasteiger partial charge in [-0.1, -0.05) is 36.9 Å². The Bertz CT molecular complexity index is 410. The van der Waals surface area contributed by atoms with Gasteiger partial charge in [-0.2, -0.15) is 0 Å². The second-order valence-electron chi connectivity index (χ2n) is 5.07. The first-order chi connectivity index (χ1) is 9.65. The van der Waals surface area contributed by atoms with E-state index in [1.54, 1.807) is 0 Å². The van der Waals surface area contributed by atoms with Gasteiger partial charge in [0.25, 0.3) is 0 Å². The van der Waals surface area contributed by atoms with Crippen LogP contribution in [0.15, 0.2) is 43.0 Å². The fraction of sp³-hybridized carbons (Fsp3) is 0.471. The molecule has 0 atom stereocenters. The van der Waals surface area contributed by atoms with Gasteiger partial charge in [-0.3, -0.25) is 0 Å². The second-order valence-corrected chi connectivity index (χ2v) is 5.07. The molecule has 0 spiro atoms. The molecule has 0 bridgehead atoms. The van der Waals surface area contributed by atoms with Crippen LogP contribution in [0.4, 0.5) is 0 Å². The van der Waals surface area contributed by atoms with Crippen LogP contribution >= 0.6 is 0 Å². The highest BCUT2D eigenvalue weighted by atomic mass is 16.5. The molecule has 20 heavy (non-hydrogen) atoms. The number of hydrogen-bond donors (Lipinski definition) is 0. The highest BCUT2D eigenvalue weighted by molar-refractivity contribution is 5.81. The Morgan fingerprint density at radius 1 is 1.25 bits per heavy atom. The molecule has 0 saturated heterocycles. The van der Waals surface area contributed by atoms with Gasteiger partial charge in [0.2, 0.25) is 0 Å². The third-order valence-electron chi connectivity index (χ3n) is 3.89.